The summed E-state index contributed by atoms with van der Waals surface area (Å²) in [5, 5.41) is 0. The molecule has 1 fully saturated rings. The molecule has 1 aliphatic rings. The Morgan fingerprint density at radius 1 is 0.926 bits per heavy atom. The molecule has 2 unspecified atom stereocenters. The molecule has 0 aliphatic heterocycles. The van der Waals surface area contributed by atoms with E-state index in [1.165, 1.54) is 89.9 Å². The van der Waals surface area contributed by atoms with Crippen LogP contribution in [0.5, 0.6) is 0 Å². The van der Waals surface area contributed by atoms with Gasteiger partial charge in [-0.3, -0.25) is 4.79 Å². The van der Waals surface area contributed by atoms with E-state index in [4.69, 9.17) is 4.74 Å². The van der Waals surface area contributed by atoms with Crippen molar-refractivity contribution in [2.75, 3.05) is 6.61 Å². The summed E-state index contributed by atoms with van der Waals surface area (Å²) in [7, 11) is 0. The van der Waals surface area contributed by atoms with Crippen molar-refractivity contribution in [2.24, 2.45) is 5.92 Å². The summed E-state index contributed by atoms with van der Waals surface area (Å²) < 4.78 is 5.97. The van der Waals surface area contributed by atoms with Gasteiger partial charge < -0.3 is 4.74 Å². The molecule has 2 nitrogen and oxygen atoms in total. The Kier molecular flexibility index (Phi) is 16.9. The van der Waals surface area contributed by atoms with Crippen LogP contribution in [0.4, 0.5) is 0 Å². The number of hydrogen-bond donors (Lipinski definition) is 0. The van der Waals surface area contributed by atoms with Crippen LogP contribution >= 0.6 is 15.9 Å². The van der Waals surface area contributed by atoms with Gasteiger partial charge in [-0.15, -0.1) is 0 Å². The smallest absolute Gasteiger partial charge is 0.202 e. The van der Waals surface area contributed by atoms with Gasteiger partial charge >= 0.3 is 0 Å². The predicted octanol–water partition coefficient (Wildman–Crippen LogP) is 7.73. The van der Waals surface area contributed by atoms with Gasteiger partial charge in [0.25, 0.3) is 0 Å². The van der Waals surface area contributed by atoms with E-state index in [9.17, 15) is 4.79 Å². The van der Waals surface area contributed by atoms with Crippen molar-refractivity contribution in [1.29, 1.82) is 0 Å². The average molecular weight is 444 g/mol. The Morgan fingerprint density at radius 2 is 1.48 bits per heavy atom. The number of rotatable bonds is 18. The minimum Gasteiger partial charge on any atom is -0.378 e. The zero-order valence-electron chi connectivity index (χ0n) is 17.7. The molecule has 2 atom stereocenters. The second kappa shape index (κ2) is 18.2. The first-order chi connectivity index (χ1) is 13.3. The SMILES string of the molecule is CCCC(Br)C([C]=O)CCCCCCCCCCCCOC1CC[CH]CC1. The Balaban J connectivity index is 1.79. The fraction of sp³-hybridized carbons (Fsp3) is 0.917. The van der Waals surface area contributed by atoms with Crippen LogP contribution in [0.1, 0.15) is 116 Å². The molecule has 0 N–H and O–H groups in total. The molecule has 2 radical (unpaired) electrons. The van der Waals surface area contributed by atoms with E-state index in [1.54, 1.807) is 0 Å². The molecule has 158 valence electrons. The summed E-state index contributed by atoms with van der Waals surface area (Å²) in [4.78, 5) is 11.4. The van der Waals surface area contributed by atoms with Gasteiger partial charge in [-0.25, -0.2) is 0 Å². The van der Waals surface area contributed by atoms with Gasteiger partial charge in [0.1, 0.15) is 0 Å². The van der Waals surface area contributed by atoms with E-state index in [0.717, 1.165) is 25.9 Å². The quantitative estimate of drug-likeness (QED) is 0.160. The Labute approximate surface area is 177 Å². The molecule has 0 saturated heterocycles. The van der Waals surface area contributed by atoms with Crippen molar-refractivity contribution in [1.82, 2.24) is 0 Å². The van der Waals surface area contributed by atoms with Crippen LogP contribution in [0.15, 0.2) is 0 Å². The third-order valence-electron chi connectivity index (χ3n) is 5.80. The third kappa shape index (κ3) is 13.8. The first-order valence-electron chi connectivity index (χ1n) is 11.7. The Bertz CT molecular complexity index is 328. The van der Waals surface area contributed by atoms with Gasteiger partial charge in [0.05, 0.1) is 6.10 Å². The fourth-order valence-corrected chi connectivity index (χ4v) is 4.81. The van der Waals surface area contributed by atoms with Gasteiger partial charge in [0.15, 0.2) is 0 Å². The monoisotopic (exact) mass is 442 g/mol. The normalized spacial score (nSPS) is 17.7. The zero-order chi connectivity index (χ0) is 19.6. The van der Waals surface area contributed by atoms with Gasteiger partial charge in [0.2, 0.25) is 6.29 Å². The number of carbonyl (C=O) groups excluding carboxylic acids is 1. The van der Waals surface area contributed by atoms with E-state index in [0.29, 0.717) is 10.9 Å². The van der Waals surface area contributed by atoms with Crippen LogP contribution in [0, 0.1) is 12.3 Å². The summed E-state index contributed by atoms with van der Waals surface area (Å²) >= 11 is 3.65. The lowest BCUT2D eigenvalue weighted by Crippen LogP contribution is -2.17. The maximum absolute atomic E-state index is 11.1. The van der Waals surface area contributed by atoms with Crippen molar-refractivity contribution in [2.45, 2.75) is 127 Å². The second-order valence-corrected chi connectivity index (χ2v) is 9.47. The van der Waals surface area contributed by atoms with Crippen LogP contribution in [-0.4, -0.2) is 23.8 Å². The van der Waals surface area contributed by atoms with E-state index in [-0.39, 0.29) is 5.92 Å². The summed E-state index contributed by atoms with van der Waals surface area (Å²) in [6, 6.07) is 0. The molecular formula is C24H43BrO2. The maximum Gasteiger partial charge on any atom is 0.202 e. The molecule has 1 rings (SSSR count). The van der Waals surface area contributed by atoms with Crippen molar-refractivity contribution in [3.63, 3.8) is 0 Å². The molecule has 0 aromatic rings. The highest BCUT2D eigenvalue weighted by Crippen LogP contribution is 2.23. The summed E-state index contributed by atoms with van der Waals surface area (Å²) in [5.41, 5.74) is 0. The van der Waals surface area contributed by atoms with Crippen molar-refractivity contribution < 1.29 is 9.53 Å². The van der Waals surface area contributed by atoms with E-state index < -0.39 is 0 Å². The fourth-order valence-electron chi connectivity index (χ4n) is 3.98. The standard InChI is InChI=1S/C24H43BrO2/c1-2-16-24(25)22(21-26)17-12-9-7-5-3-4-6-8-10-15-20-27-23-18-13-11-14-19-23/h11,22-24H,2-10,12-20H2,1H3. The zero-order valence-corrected chi connectivity index (χ0v) is 19.3. The molecular weight excluding hydrogens is 400 g/mol. The lowest BCUT2D eigenvalue weighted by atomic mass is 9.96. The Morgan fingerprint density at radius 3 is 2.04 bits per heavy atom. The van der Waals surface area contributed by atoms with Gasteiger partial charge in [0, 0.05) is 17.4 Å². The minimum atomic E-state index is 0.0883. The minimum absolute atomic E-state index is 0.0883. The molecule has 0 aromatic heterocycles. The third-order valence-corrected chi connectivity index (χ3v) is 6.90. The van der Waals surface area contributed by atoms with Gasteiger partial charge in [-0.1, -0.05) is 87.1 Å². The van der Waals surface area contributed by atoms with Gasteiger partial charge in [-0.05, 0) is 51.4 Å². The van der Waals surface area contributed by atoms with Crippen LogP contribution in [0.25, 0.3) is 0 Å². The molecule has 1 aliphatic carbocycles. The van der Waals surface area contributed by atoms with Crippen LogP contribution < -0.4 is 0 Å². The molecule has 0 bridgehead atoms. The first-order valence-corrected chi connectivity index (χ1v) is 12.6. The second-order valence-electron chi connectivity index (χ2n) is 8.29. The van der Waals surface area contributed by atoms with Crippen molar-refractivity contribution >= 4 is 22.2 Å². The highest BCUT2D eigenvalue weighted by molar-refractivity contribution is 9.09. The highest BCUT2D eigenvalue weighted by Gasteiger charge is 2.17. The molecule has 3 heteroatoms. The molecule has 1 saturated carbocycles. The predicted molar refractivity (Wildman–Crippen MR) is 120 cm³/mol. The van der Waals surface area contributed by atoms with E-state index in [2.05, 4.69) is 35.6 Å². The van der Waals surface area contributed by atoms with Crippen molar-refractivity contribution in [3.05, 3.63) is 6.42 Å². The maximum atomic E-state index is 11.1. The average Bonchev–Trinajstić information content (AvgIpc) is 2.69. The number of ether oxygens (including phenoxy) is 1. The molecule has 0 amide bonds. The molecule has 27 heavy (non-hydrogen) atoms. The van der Waals surface area contributed by atoms with Crippen LogP contribution in [0.2, 0.25) is 0 Å². The largest absolute Gasteiger partial charge is 0.378 e. The van der Waals surface area contributed by atoms with Gasteiger partial charge in [-0.2, -0.15) is 0 Å². The Hall–Kier alpha value is 0.110. The van der Waals surface area contributed by atoms with Crippen LogP contribution in [0.3, 0.4) is 0 Å². The number of hydrogen-bond acceptors (Lipinski definition) is 2. The number of unbranched alkanes of at least 4 members (excludes halogenated alkanes) is 9. The highest BCUT2D eigenvalue weighted by atomic mass is 79.9. The van der Waals surface area contributed by atoms with Crippen molar-refractivity contribution in [3.8, 4) is 0 Å². The summed E-state index contributed by atoms with van der Waals surface area (Å²) in [5.74, 6) is 0.0883. The summed E-state index contributed by atoms with van der Waals surface area (Å²) in [6.45, 7) is 3.14. The topological polar surface area (TPSA) is 26.3 Å². The molecule has 0 spiro atoms. The lowest BCUT2D eigenvalue weighted by Gasteiger charge is -2.21. The first kappa shape index (κ1) is 25.1. The van der Waals surface area contributed by atoms with E-state index >= 15 is 0 Å². The lowest BCUT2D eigenvalue weighted by molar-refractivity contribution is 0.0326. The number of halogens is 1. The van der Waals surface area contributed by atoms with E-state index in [1.807, 2.05) is 0 Å². The van der Waals surface area contributed by atoms with Crippen LogP contribution in [-0.2, 0) is 9.53 Å². The summed E-state index contributed by atoms with van der Waals surface area (Å²) in [6.07, 6.45) is 26.5. The number of alkyl halides is 1. The molecule has 0 heterocycles. The molecule has 0 aromatic carbocycles.